The molecule has 1 fully saturated rings. The molecule has 0 amide bonds. The van der Waals surface area contributed by atoms with Crippen molar-refractivity contribution in [3.63, 3.8) is 0 Å². The first kappa shape index (κ1) is 12.6. The first-order valence-electron chi connectivity index (χ1n) is 6.63. The lowest BCUT2D eigenvalue weighted by Crippen LogP contribution is -2.21. The molecule has 0 aliphatic carbocycles. The SMILES string of the molecule is Clc1cccc(-c2noc(CCC3CCCN3)n2)c1. The molecule has 1 saturated heterocycles. The van der Waals surface area contributed by atoms with Gasteiger partial charge in [0.05, 0.1) is 0 Å². The molecule has 1 aromatic heterocycles. The van der Waals surface area contributed by atoms with E-state index < -0.39 is 0 Å². The van der Waals surface area contributed by atoms with Crippen LogP contribution in [0.3, 0.4) is 0 Å². The van der Waals surface area contributed by atoms with Crippen LogP contribution in [0.25, 0.3) is 11.4 Å². The smallest absolute Gasteiger partial charge is 0.227 e. The average Bonchev–Trinajstić information content (AvgIpc) is 3.08. The highest BCUT2D eigenvalue weighted by Crippen LogP contribution is 2.20. The summed E-state index contributed by atoms with van der Waals surface area (Å²) in [5.74, 6) is 1.31. The molecule has 1 N–H and O–H groups in total. The van der Waals surface area contributed by atoms with Crippen molar-refractivity contribution in [2.45, 2.75) is 31.7 Å². The van der Waals surface area contributed by atoms with Gasteiger partial charge in [0.2, 0.25) is 11.7 Å². The number of hydrogen-bond donors (Lipinski definition) is 1. The fourth-order valence-electron chi connectivity index (χ4n) is 2.40. The molecule has 0 radical (unpaired) electrons. The molecule has 0 bridgehead atoms. The van der Waals surface area contributed by atoms with Gasteiger partial charge in [-0.1, -0.05) is 28.9 Å². The van der Waals surface area contributed by atoms with Crippen LogP contribution in [-0.2, 0) is 6.42 Å². The highest BCUT2D eigenvalue weighted by molar-refractivity contribution is 6.30. The molecule has 19 heavy (non-hydrogen) atoms. The molecule has 4 nitrogen and oxygen atoms in total. The van der Waals surface area contributed by atoms with Crippen molar-refractivity contribution in [1.29, 1.82) is 0 Å². The maximum Gasteiger partial charge on any atom is 0.227 e. The highest BCUT2D eigenvalue weighted by Gasteiger charge is 2.16. The van der Waals surface area contributed by atoms with Gasteiger partial charge in [0.1, 0.15) is 0 Å². The van der Waals surface area contributed by atoms with Gasteiger partial charge < -0.3 is 9.84 Å². The Labute approximate surface area is 117 Å². The Morgan fingerprint density at radius 1 is 1.42 bits per heavy atom. The van der Waals surface area contributed by atoms with E-state index in [1.54, 1.807) is 0 Å². The lowest BCUT2D eigenvalue weighted by Gasteiger charge is -2.06. The van der Waals surface area contributed by atoms with Gasteiger partial charge in [0.25, 0.3) is 0 Å². The van der Waals surface area contributed by atoms with Crippen molar-refractivity contribution >= 4 is 11.6 Å². The Bertz CT molecular complexity index is 549. The van der Waals surface area contributed by atoms with Crippen LogP contribution in [0, 0.1) is 0 Å². The summed E-state index contributed by atoms with van der Waals surface area (Å²) in [6, 6.07) is 8.09. The van der Waals surface area contributed by atoms with Crippen LogP contribution < -0.4 is 5.32 Å². The zero-order chi connectivity index (χ0) is 13.1. The molecule has 100 valence electrons. The average molecular weight is 278 g/mol. The molecule has 0 spiro atoms. The third kappa shape index (κ3) is 3.14. The van der Waals surface area contributed by atoms with Crippen LogP contribution in [-0.4, -0.2) is 22.7 Å². The standard InChI is InChI=1S/C14H16ClN3O/c15-11-4-1-3-10(9-11)14-17-13(19-18-14)7-6-12-5-2-8-16-12/h1,3-4,9,12,16H,2,5-8H2. The molecule has 2 heterocycles. The molecular weight excluding hydrogens is 262 g/mol. The molecular formula is C14H16ClN3O. The maximum atomic E-state index is 5.95. The number of nitrogens with one attached hydrogen (secondary N) is 1. The Morgan fingerprint density at radius 2 is 2.37 bits per heavy atom. The van der Waals surface area contributed by atoms with E-state index in [1.165, 1.54) is 12.8 Å². The minimum absolute atomic E-state index is 0.599. The minimum Gasteiger partial charge on any atom is -0.339 e. The largest absolute Gasteiger partial charge is 0.339 e. The van der Waals surface area contributed by atoms with Gasteiger partial charge in [-0.2, -0.15) is 4.98 Å². The fraction of sp³-hybridized carbons (Fsp3) is 0.429. The Kier molecular flexibility index (Phi) is 3.80. The first-order valence-corrected chi connectivity index (χ1v) is 7.01. The van der Waals surface area contributed by atoms with E-state index in [-0.39, 0.29) is 0 Å². The number of hydrogen-bond acceptors (Lipinski definition) is 4. The van der Waals surface area contributed by atoms with E-state index in [9.17, 15) is 0 Å². The second kappa shape index (κ2) is 5.72. The molecule has 1 atom stereocenters. The Hall–Kier alpha value is -1.39. The molecule has 1 aliphatic heterocycles. The second-order valence-corrected chi connectivity index (χ2v) is 5.29. The van der Waals surface area contributed by atoms with Crippen LogP contribution in [0.5, 0.6) is 0 Å². The molecule has 3 rings (SSSR count). The summed E-state index contributed by atoms with van der Waals surface area (Å²) >= 11 is 5.95. The topological polar surface area (TPSA) is 51.0 Å². The fourth-order valence-corrected chi connectivity index (χ4v) is 2.59. The van der Waals surface area contributed by atoms with E-state index in [4.69, 9.17) is 16.1 Å². The summed E-state index contributed by atoms with van der Waals surface area (Å²) in [6.45, 7) is 1.13. The Balaban J connectivity index is 1.65. The van der Waals surface area contributed by atoms with Crippen LogP contribution in [0.2, 0.25) is 5.02 Å². The van der Waals surface area contributed by atoms with Gasteiger partial charge in [-0.15, -0.1) is 0 Å². The molecule has 0 saturated carbocycles. The van der Waals surface area contributed by atoms with E-state index in [1.807, 2.05) is 24.3 Å². The van der Waals surface area contributed by atoms with Crippen LogP contribution in [0.4, 0.5) is 0 Å². The van der Waals surface area contributed by atoms with Crippen LogP contribution in [0.1, 0.15) is 25.2 Å². The molecule has 1 aliphatic rings. The molecule has 1 unspecified atom stereocenters. The van der Waals surface area contributed by atoms with Gasteiger partial charge in [-0.05, 0) is 37.9 Å². The number of halogens is 1. The number of rotatable bonds is 4. The van der Waals surface area contributed by atoms with Crippen molar-refractivity contribution < 1.29 is 4.52 Å². The molecule has 1 aromatic carbocycles. The molecule has 5 heteroatoms. The van der Waals surface area contributed by atoms with Gasteiger partial charge in [-0.3, -0.25) is 0 Å². The van der Waals surface area contributed by atoms with Crippen LogP contribution >= 0.6 is 11.6 Å². The summed E-state index contributed by atoms with van der Waals surface area (Å²) in [4.78, 5) is 4.42. The summed E-state index contributed by atoms with van der Waals surface area (Å²) in [6.07, 6.45) is 4.39. The predicted octanol–water partition coefficient (Wildman–Crippen LogP) is 3.07. The third-order valence-electron chi connectivity index (χ3n) is 3.42. The van der Waals surface area contributed by atoms with Crippen molar-refractivity contribution in [2.75, 3.05) is 6.54 Å². The van der Waals surface area contributed by atoms with E-state index >= 15 is 0 Å². The van der Waals surface area contributed by atoms with Crippen molar-refractivity contribution in [3.05, 3.63) is 35.2 Å². The van der Waals surface area contributed by atoms with Crippen molar-refractivity contribution in [2.24, 2.45) is 0 Å². The highest BCUT2D eigenvalue weighted by atomic mass is 35.5. The number of aromatic nitrogens is 2. The van der Waals surface area contributed by atoms with Gasteiger partial charge >= 0.3 is 0 Å². The predicted molar refractivity (Wildman–Crippen MR) is 74.1 cm³/mol. The Morgan fingerprint density at radius 3 is 3.16 bits per heavy atom. The number of benzene rings is 1. The van der Waals surface area contributed by atoms with E-state index in [0.717, 1.165) is 24.9 Å². The van der Waals surface area contributed by atoms with Gasteiger partial charge in [-0.25, -0.2) is 0 Å². The monoisotopic (exact) mass is 277 g/mol. The summed E-state index contributed by atoms with van der Waals surface area (Å²) in [5, 5.41) is 8.15. The normalized spacial score (nSPS) is 18.9. The van der Waals surface area contributed by atoms with Crippen LogP contribution in [0.15, 0.2) is 28.8 Å². The number of nitrogens with zero attached hydrogens (tertiary/aromatic N) is 2. The van der Waals surface area contributed by atoms with Gasteiger partial charge in [0.15, 0.2) is 0 Å². The molecule has 2 aromatic rings. The quantitative estimate of drug-likeness (QED) is 0.933. The minimum atomic E-state index is 0.599. The van der Waals surface area contributed by atoms with Crippen molar-refractivity contribution in [3.8, 4) is 11.4 Å². The maximum absolute atomic E-state index is 5.95. The zero-order valence-electron chi connectivity index (χ0n) is 10.6. The van der Waals surface area contributed by atoms with E-state index in [0.29, 0.717) is 22.8 Å². The lowest BCUT2D eigenvalue weighted by molar-refractivity contribution is 0.369. The summed E-state index contributed by atoms with van der Waals surface area (Å²) in [7, 11) is 0. The first-order chi connectivity index (χ1) is 9.31. The third-order valence-corrected chi connectivity index (χ3v) is 3.66. The summed E-state index contributed by atoms with van der Waals surface area (Å²) < 4.78 is 5.29. The lowest BCUT2D eigenvalue weighted by atomic mass is 10.1. The zero-order valence-corrected chi connectivity index (χ0v) is 11.4. The number of aryl methyl sites for hydroxylation is 1. The summed E-state index contributed by atoms with van der Waals surface area (Å²) in [5.41, 5.74) is 0.890. The second-order valence-electron chi connectivity index (χ2n) is 4.85. The van der Waals surface area contributed by atoms with Gasteiger partial charge in [0, 0.05) is 23.0 Å². The van der Waals surface area contributed by atoms with Crippen molar-refractivity contribution in [1.82, 2.24) is 15.5 Å². The van der Waals surface area contributed by atoms with E-state index in [2.05, 4.69) is 15.5 Å².